The summed E-state index contributed by atoms with van der Waals surface area (Å²) in [6.07, 6.45) is 4.11. The minimum Gasteiger partial charge on any atom is -0.511 e. The first kappa shape index (κ1) is 21.8. The predicted octanol–water partition coefficient (Wildman–Crippen LogP) is 2.01. The van der Waals surface area contributed by atoms with Crippen LogP contribution < -0.4 is 5.32 Å². The monoisotopic (exact) mass is 416 g/mol. The van der Waals surface area contributed by atoms with Gasteiger partial charge in [0, 0.05) is 19.5 Å². The zero-order chi connectivity index (χ0) is 21.5. The first-order valence-corrected chi connectivity index (χ1v) is 10.3. The maximum atomic E-state index is 12.7. The lowest BCUT2D eigenvalue weighted by Gasteiger charge is -2.34. The molecule has 0 bridgehead atoms. The van der Waals surface area contributed by atoms with Gasteiger partial charge in [0.05, 0.1) is 12.7 Å². The highest BCUT2D eigenvalue weighted by Crippen LogP contribution is 2.29. The Morgan fingerprint density at radius 3 is 2.50 bits per heavy atom. The lowest BCUT2D eigenvalue weighted by atomic mass is 9.86. The van der Waals surface area contributed by atoms with Crippen LogP contribution in [0.1, 0.15) is 37.7 Å². The van der Waals surface area contributed by atoms with Gasteiger partial charge < -0.3 is 25.2 Å². The number of amides is 2. The van der Waals surface area contributed by atoms with Crippen molar-refractivity contribution >= 4 is 17.8 Å². The molecule has 2 amide bonds. The van der Waals surface area contributed by atoms with Gasteiger partial charge in [-0.3, -0.25) is 14.4 Å². The minimum absolute atomic E-state index is 0.192. The number of carbonyl (C=O) groups excluding carboxylic acids is 2. The number of carboxylic acid groups (broad SMARTS) is 1. The van der Waals surface area contributed by atoms with Crippen LogP contribution in [0.25, 0.3) is 0 Å². The van der Waals surface area contributed by atoms with Crippen LogP contribution in [0.3, 0.4) is 0 Å². The van der Waals surface area contributed by atoms with E-state index in [1.54, 1.807) is 4.90 Å². The van der Waals surface area contributed by atoms with Crippen molar-refractivity contribution in [1.29, 1.82) is 0 Å². The van der Waals surface area contributed by atoms with Gasteiger partial charge >= 0.3 is 5.97 Å². The summed E-state index contributed by atoms with van der Waals surface area (Å²) in [7, 11) is 0. The molecule has 0 aromatic heterocycles. The Hall–Kier alpha value is -2.87. The van der Waals surface area contributed by atoms with Gasteiger partial charge in [-0.2, -0.15) is 0 Å². The Morgan fingerprint density at radius 1 is 1.13 bits per heavy atom. The Labute approximate surface area is 175 Å². The van der Waals surface area contributed by atoms with Crippen LogP contribution >= 0.6 is 0 Å². The second kappa shape index (κ2) is 10.2. The maximum absolute atomic E-state index is 12.7. The van der Waals surface area contributed by atoms with E-state index in [9.17, 15) is 19.5 Å². The van der Waals surface area contributed by atoms with Crippen LogP contribution in [0.5, 0.6) is 0 Å². The van der Waals surface area contributed by atoms with Crippen molar-refractivity contribution in [3.63, 3.8) is 0 Å². The average Bonchev–Trinajstić information content (AvgIpc) is 2.74. The molecule has 3 N–H and O–H groups in total. The predicted molar refractivity (Wildman–Crippen MR) is 108 cm³/mol. The Balaban J connectivity index is 1.47. The van der Waals surface area contributed by atoms with Crippen LogP contribution in [-0.4, -0.2) is 58.6 Å². The third-order valence-corrected chi connectivity index (χ3v) is 5.64. The second-order valence-corrected chi connectivity index (χ2v) is 7.84. The molecule has 1 heterocycles. The summed E-state index contributed by atoms with van der Waals surface area (Å²) in [5, 5.41) is 20.8. The number of carboxylic acids is 1. The lowest BCUT2D eigenvalue weighted by molar-refractivity contribution is -0.138. The first-order chi connectivity index (χ1) is 14.4. The van der Waals surface area contributed by atoms with Crippen LogP contribution in [0.15, 0.2) is 41.7 Å². The quantitative estimate of drug-likeness (QED) is 0.558. The molecule has 1 aliphatic carbocycles. The summed E-state index contributed by atoms with van der Waals surface area (Å²) in [5.74, 6) is -2.56. The van der Waals surface area contributed by atoms with Crippen molar-refractivity contribution in [3.8, 4) is 0 Å². The van der Waals surface area contributed by atoms with Crippen LogP contribution in [-0.2, 0) is 25.7 Å². The molecule has 2 aliphatic rings. The topological polar surface area (TPSA) is 116 Å². The molecule has 1 saturated carbocycles. The molecule has 0 atom stereocenters. The van der Waals surface area contributed by atoms with Crippen molar-refractivity contribution in [1.82, 2.24) is 10.2 Å². The SMILES string of the molecule is O=C(O)CNC(=O)C1=C(O)CCN(C[C@H]2CC[C@H](OCc3ccccc3)CC2)C1=O. The highest BCUT2D eigenvalue weighted by atomic mass is 16.5. The molecule has 8 nitrogen and oxygen atoms in total. The minimum atomic E-state index is -1.21. The number of nitrogens with zero attached hydrogens (tertiary/aromatic N) is 1. The fourth-order valence-electron chi connectivity index (χ4n) is 3.98. The van der Waals surface area contributed by atoms with E-state index in [1.807, 2.05) is 30.3 Å². The number of aliphatic carboxylic acids is 1. The number of nitrogens with one attached hydrogen (secondary N) is 1. The van der Waals surface area contributed by atoms with Gasteiger partial charge in [0.2, 0.25) is 0 Å². The van der Waals surface area contributed by atoms with E-state index in [-0.39, 0.29) is 23.9 Å². The van der Waals surface area contributed by atoms with E-state index in [0.717, 1.165) is 31.2 Å². The van der Waals surface area contributed by atoms with Crippen LogP contribution in [0, 0.1) is 5.92 Å². The van der Waals surface area contributed by atoms with E-state index in [0.29, 0.717) is 25.6 Å². The molecule has 1 fully saturated rings. The van der Waals surface area contributed by atoms with Crippen molar-refractivity contribution in [3.05, 3.63) is 47.2 Å². The fraction of sp³-hybridized carbons (Fsp3) is 0.500. The molecule has 1 aromatic carbocycles. The third kappa shape index (κ3) is 5.82. The molecular weight excluding hydrogens is 388 g/mol. The standard InChI is InChI=1S/C22H28N2O6/c25-18-10-11-24(22(29)20(18)21(28)23-12-19(26)27)13-15-6-8-17(9-7-15)30-14-16-4-2-1-3-5-16/h1-5,15,17,25H,6-14H2,(H,23,28)(H,26,27)/t15-,17-. The van der Waals surface area contributed by atoms with Gasteiger partial charge in [0.15, 0.2) is 0 Å². The number of hydrogen-bond donors (Lipinski definition) is 3. The van der Waals surface area contributed by atoms with Gasteiger partial charge in [-0.05, 0) is 37.2 Å². The summed E-state index contributed by atoms with van der Waals surface area (Å²) in [4.78, 5) is 37.1. The molecule has 8 heteroatoms. The van der Waals surface area contributed by atoms with Crippen LogP contribution in [0.4, 0.5) is 0 Å². The highest BCUT2D eigenvalue weighted by Gasteiger charge is 2.34. The zero-order valence-corrected chi connectivity index (χ0v) is 16.9. The number of aliphatic hydroxyl groups is 1. The normalized spacial score (nSPS) is 22.1. The van der Waals surface area contributed by atoms with Crippen LogP contribution in [0.2, 0.25) is 0 Å². The molecule has 0 spiro atoms. The van der Waals surface area contributed by atoms with Gasteiger partial charge in [-0.1, -0.05) is 30.3 Å². The third-order valence-electron chi connectivity index (χ3n) is 5.64. The molecule has 1 aromatic rings. The van der Waals surface area contributed by atoms with Gasteiger partial charge in [0.1, 0.15) is 17.9 Å². The number of ether oxygens (including phenoxy) is 1. The summed E-state index contributed by atoms with van der Waals surface area (Å²) >= 11 is 0. The van der Waals surface area contributed by atoms with Crippen molar-refractivity contribution in [2.45, 2.75) is 44.8 Å². The van der Waals surface area contributed by atoms with E-state index in [1.165, 1.54) is 0 Å². The Kier molecular flexibility index (Phi) is 7.46. The average molecular weight is 416 g/mol. The first-order valence-electron chi connectivity index (χ1n) is 10.3. The number of carbonyl (C=O) groups is 3. The second-order valence-electron chi connectivity index (χ2n) is 7.84. The van der Waals surface area contributed by atoms with Gasteiger partial charge in [-0.25, -0.2) is 0 Å². The summed E-state index contributed by atoms with van der Waals surface area (Å²) in [6.45, 7) is 0.869. The molecule has 162 valence electrons. The summed E-state index contributed by atoms with van der Waals surface area (Å²) in [5.41, 5.74) is 0.807. The van der Waals surface area contributed by atoms with Gasteiger partial charge in [0.25, 0.3) is 11.8 Å². The molecular formula is C22H28N2O6. The number of aliphatic hydroxyl groups excluding tert-OH is 1. The zero-order valence-electron chi connectivity index (χ0n) is 16.9. The molecule has 0 saturated heterocycles. The van der Waals surface area contributed by atoms with E-state index in [4.69, 9.17) is 9.84 Å². The molecule has 30 heavy (non-hydrogen) atoms. The molecule has 3 rings (SSSR count). The Morgan fingerprint density at radius 2 is 1.83 bits per heavy atom. The van der Waals surface area contributed by atoms with Crippen molar-refractivity contribution in [2.24, 2.45) is 5.92 Å². The van der Waals surface area contributed by atoms with E-state index >= 15 is 0 Å². The molecule has 0 radical (unpaired) electrons. The van der Waals surface area contributed by atoms with Crippen molar-refractivity contribution < 1.29 is 29.3 Å². The fourth-order valence-corrected chi connectivity index (χ4v) is 3.98. The molecule has 1 aliphatic heterocycles. The number of rotatable bonds is 8. The van der Waals surface area contributed by atoms with E-state index < -0.39 is 24.3 Å². The smallest absolute Gasteiger partial charge is 0.322 e. The number of hydrogen-bond acceptors (Lipinski definition) is 5. The molecule has 0 unspecified atom stereocenters. The highest BCUT2D eigenvalue weighted by molar-refractivity contribution is 6.19. The largest absolute Gasteiger partial charge is 0.511 e. The summed E-state index contributed by atoms with van der Waals surface area (Å²) in [6, 6.07) is 10.1. The van der Waals surface area contributed by atoms with E-state index in [2.05, 4.69) is 5.32 Å². The summed E-state index contributed by atoms with van der Waals surface area (Å²) < 4.78 is 6.02. The number of benzene rings is 1. The Bertz CT molecular complexity index is 799. The van der Waals surface area contributed by atoms with Crippen molar-refractivity contribution in [2.75, 3.05) is 19.6 Å². The maximum Gasteiger partial charge on any atom is 0.322 e. The van der Waals surface area contributed by atoms with Gasteiger partial charge in [-0.15, -0.1) is 0 Å². The lowest BCUT2D eigenvalue weighted by Crippen LogP contribution is -2.45.